The molecule has 1 aromatic heterocycles. The minimum Gasteiger partial charge on any atom is -0.242 e. The number of aromatic nitrogens is 1. The second-order valence-electron chi connectivity index (χ2n) is 4.86. The third kappa shape index (κ3) is 2.92. The van der Waals surface area contributed by atoms with E-state index in [2.05, 4.69) is 9.71 Å². The molecular weight excluding hydrogens is 331 g/mol. The van der Waals surface area contributed by atoms with Crippen LogP contribution in [-0.2, 0) is 16.4 Å². The molecule has 0 spiro atoms. The number of pyridine rings is 1. The molecule has 1 atom stereocenters. The van der Waals surface area contributed by atoms with Gasteiger partial charge in [-0.3, -0.25) is 0 Å². The summed E-state index contributed by atoms with van der Waals surface area (Å²) in [4.78, 5) is 3.79. The lowest BCUT2D eigenvalue weighted by Gasteiger charge is -2.14. The van der Waals surface area contributed by atoms with Crippen LogP contribution in [-0.4, -0.2) is 13.4 Å². The van der Waals surface area contributed by atoms with Gasteiger partial charge in [-0.2, -0.15) is 0 Å². The summed E-state index contributed by atoms with van der Waals surface area (Å²) in [6, 6.07) is 8.92. The van der Waals surface area contributed by atoms with E-state index in [9.17, 15) is 8.42 Å². The van der Waals surface area contributed by atoms with Crippen molar-refractivity contribution in [2.45, 2.75) is 23.8 Å². The average molecular weight is 343 g/mol. The molecule has 0 fully saturated rings. The molecule has 0 radical (unpaired) electrons. The summed E-state index contributed by atoms with van der Waals surface area (Å²) in [5.41, 5.74) is 2.20. The fourth-order valence-electron chi connectivity index (χ4n) is 2.49. The fourth-order valence-corrected chi connectivity index (χ4v) is 4.04. The van der Waals surface area contributed by atoms with Crippen LogP contribution in [0.2, 0.25) is 10.2 Å². The molecule has 1 heterocycles. The van der Waals surface area contributed by atoms with Crippen LogP contribution in [0.3, 0.4) is 0 Å². The molecule has 0 saturated heterocycles. The van der Waals surface area contributed by atoms with Crippen LogP contribution in [0.15, 0.2) is 41.4 Å². The maximum atomic E-state index is 12.4. The SMILES string of the molecule is O=S(=O)(NC1CCc2ccccc21)c1cnc(Cl)c(Cl)c1. The molecule has 3 rings (SSSR count). The van der Waals surface area contributed by atoms with E-state index in [1.54, 1.807) is 0 Å². The lowest BCUT2D eigenvalue weighted by molar-refractivity contribution is 0.554. The highest BCUT2D eigenvalue weighted by atomic mass is 35.5. The van der Waals surface area contributed by atoms with Crippen molar-refractivity contribution >= 4 is 33.2 Å². The number of sulfonamides is 1. The normalized spacial score (nSPS) is 17.7. The molecule has 0 amide bonds. The predicted octanol–water partition coefficient (Wildman–Crippen LogP) is 3.35. The van der Waals surface area contributed by atoms with Crippen LogP contribution >= 0.6 is 23.2 Å². The Bertz CT molecular complexity index is 793. The lowest BCUT2D eigenvalue weighted by Crippen LogP contribution is -2.27. The Morgan fingerprint density at radius 2 is 2.00 bits per heavy atom. The van der Waals surface area contributed by atoms with Gasteiger partial charge in [-0.25, -0.2) is 18.1 Å². The van der Waals surface area contributed by atoms with Gasteiger partial charge in [0.25, 0.3) is 0 Å². The van der Waals surface area contributed by atoms with E-state index in [-0.39, 0.29) is 21.1 Å². The summed E-state index contributed by atoms with van der Waals surface area (Å²) in [5, 5.41) is 0.202. The zero-order chi connectivity index (χ0) is 15.0. The van der Waals surface area contributed by atoms with E-state index in [4.69, 9.17) is 23.2 Å². The molecule has 0 saturated carbocycles. The molecule has 2 aromatic rings. The maximum absolute atomic E-state index is 12.4. The van der Waals surface area contributed by atoms with Crippen molar-refractivity contribution in [1.82, 2.24) is 9.71 Å². The van der Waals surface area contributed by atoms with E-state index < -0.39 is 10.0 Å². The number of hydrogen-bond acceptors (Lipinski definition) is 3. The Hall–Kier alpha value is -1.14. The zero-order valence-corrected chi connectivity index (χ0v) is 13.2. The Morgan fingerprint density at radius 3 is 2.76 bits per heavy atom. The summed E-state index contributed by atoms with van der Waals surface area (Å²) in [7, 11) is -3.68. The number of halogens is 2. The Balaban J connectivity index is 1.89. The molecule has 110 valence electrons. The van der Waals surface area contributed by atoms with Crippen LogP contribution in [0.1, 0.15) is 23.6 Å². The highest BCUT2D eigenvalue weighted by Crippen LogP contribution is 2.32. The van der Waals surface area contributed by atoms with Crippen molar-refractivity contribution in [2.24, 2.45) is 0 Å². The third-order valence-corrected chi connectivity index (χ3v) is 5.64. The molecule has 1 aromatic carbocycles. The van der Waals surface area contributed by atoms with Crippen LogP contribution in [0.5, 0.6) is 0 Å². The lowest BCUT2D eigenvalue weighted by atomic mass is 10.1. The first-order valence-electron chi connectivity index (χ1n) is 6.38. The zero-order valence-electron chi connectivity index (χ0n) is 10.9. The average Bonchev–Trinajstić information content (AvgIpc) is 2.85. The number of nitrogens with one attached hydrogen (secondary N) is 1. The van der Waals surface area contributed by atoms with Crippen LogP contribution in [0, 0.1) is 0 Å². The summed E-state index contributed by atoms with van der Waals surface area (Å²) in [6.45, 7) is 0. The molecule has 1 aliphatic carbocycles. The number of rotatable bonds is 3. The van der Waals surface area contributed by atoms with Crippen molar-refractivity contribution in [3.05, 3.63) is 57.8 Å². The highest BCUT2D eigenvalue weighted by molar-refractivity contribution is 7.89. The molecule has 21 heavy (non-hydrogen) atoms. The molecule has 1 unspecified atom stereocenters. The maximum Gasteiger partial charge on any atom is 0.242 e. The van der Waals surface area contributed by atoms with Gasteiger partial charge in [0.1, 0.15) is 10.0 Å². The Labute approximate surface area is 133 Å². The topological polar surface area (TPSA) is 59.1 Å². The first kappa shape index (κ1) is 14.8. The quantitative estimate of drug-likeness (QED) is 0.870. The molecular formula is C14H12Cl2N2O2S. The van der Waals surface area contributed by atoms with Gasteiger partial charge < -0.3 is 0 Å². The predicted molar refractivity (Wildman–Crippen MR) is 82.1 cm³/mol. The second-order valence-corrected chi connectivity index (χ2v) is 7.33. The van der Waals surface area contributed by atoms with Crippen LogP contribution in [0.4, 0.5) is 0 Å². The minimum atomic E-state index is -3.68. The molecule has 1 N–H and O–H groups in total. The van der Waals surface area contributed by atoms with Crippen molar-refractivity contribution in [3.63, 3.8) is 0 Å². The second kappa shape index (κ2) is 5.57. The van der Waals surface area contributed by atoms with Gasteiger partial charge in [0.05, 0.1) is 5.02 Å². The van der Waals surface area contributed by atoms with Gasteiger partial charge in [-0.15, -0.1) is 0 Å². The third-order valence-electron chi connectivity index (χ3n) is 3.51. The molecule has 0 bridgehead atoms. The van der Waals surface area contributed by atoms with Crippen molar-refractivity contribution < 1.29 is 8.42 Å². The highest BCUT2D eigenvalue weighted by Gasteiger charge is 2.27. The monoisotopic (exact) mass is 342 g/mol. The standard InChI is InChI=1S/C14H12Cl2N2O2S/c15-12-7-10(8-17-14(12)16)21(19,20)18-13-6-5-9-3-1-2-4-11(9)13/h1-4,7-8,13,18H,5-6H2. The van der Waals surface area contributed by atoms with Crippen molar-refractivity contribution in [2.75, 3.05) is 0 Å². The summed E-state index contributed by atoms with van der Waals surface area (Å²) in [5.74, 6) is 0. The van der Waals surface area contributed by atoms with Gasteiger partial charge in [0, 0.05) is 12.2 Å². The number of nitrogens with zero attached hydrogens (tertiary/aromatic N) is 1. The number of hydrogen-bond donors (Lipinski definition) is 1. The van der Waals surface area contributed by atoms with Gasteiger partial charge in [-0.1, -0.05) is 47.5 Å². The fraction of sp³-hybridized carbons (Fsp3) is 0.214. The van der Waals surface area contributed by atoms with Crippen molar-refractivity contribution in [1.29, 1.82) is 0 Å². The van der Waals surface area contributed by atoms with E-state index >= 15 is 0 Å². The Kier molecular flexibility index (Phi) is 3.92. The number of benzene rings is 1. The smallest absolute Gasteiger partial charge is 0.242 e. The van der Waals surface area contributed by atoms with Gasteiger partial charge in [-0.05, 0) is 30.0 Å². The van der Waals surface area contributed by atoms with E-state index in [0.29, 0.717) is 0 Å². The van der Waals surface area contributed by atoms with E-state index in [0.717, 1.165) is 18.4 Å². The molecule has 1 aliphatic rings. The van der Waals surface area contributed by atoms with Gasteiger partial charge in [0.15, 0.2) is 0 Å². The number of fused-ring (bicyclic) bond motifs is 1. The largest absolute Gasteiger partial charge is 0.242 e. The van der Waals surface area contributed by atoms with E-state index in [1.165, 1.54) is 17.8 Å². The van der Waals surface area contributed by atoms with Crippen LogP contribution in [0.25, 0.3) is 0 Å². The minimum absolute atomic E-state index is 0.0151. The first-order valence-corrected chi connectivity index (χ1v) is 8.62. The summed E-state index contributed by atoms with van der Waals surface area (Å²) in [6.07, 6.45) is 2.81. The Morgan fingerprint density at radius 1 is 1.24 bits per heavy atom. The summed E-state index contributed by atoms with van der Waals surface area (Å²) < 4.78 is 27.5. The number of aryl methyl sites for hydroxylation is 1. The van der Waals surface area contributed by atoms with Crippen LogP contribution < -0.4 is 4.72 Å². The van der Waals surface area contributed by atoms with Crippen molar-refractivity contribution in [3.8, 4) is 0 Å². The molecule has 7 heteroatoms. The molecule has 0 aliphatic heterocycles. The van der Waals surface area contributed by atoms with Gasteiger partial charge in [0.2, 0.25) is 10.0 Å². The van der Waals surface area contributed by atoms with Gasteiger partial charge >= 0.3 is 0 Å². The molecule has 4 nitrogen and oxygen atoms in total. The first-order chi connectivity index (χ1) is 9.97. The summed E-state index contributed by atoms with van der Waals surface area (Å²) >= 11 is 11.5. The van der Waals surface area contributed by atoms with E-state index in [1.807, 2.05) is 24.3 Å².